The van der Waals surface area contributed by atoms with Gasteiger partial charge < -0.3 is 14.4 Å². The van der Waals surface area contributed by atoms with E-state index in [1.807, 2.05) is 0 Å². The predicted octanol–water partition coefficient (Wildman–Crippen LogP) is -3.14. The number of hydrogen-bond acceptors (Lipinski definition) is 6. The minimum atomic E-state index is -5.04. The summed E-state index contributed by atoms with van der Waals surface area (Å²) in [5.74, 6) is -2.79. The Bertz CT molecular complexity index is 399. The molecule has 7 nitrogen and oxygen atoms in total. The van der Waals surface area contributed by atoms with E-state index < -0.39 is 33.7 Å². The van der Waals surface area contributed by atoms with Gasteiger partial charge in [-0.3, -0.25) is 9.59 Å². The molecule has 0 saturated heterocycles. The molecular weight excluding hydrogens is 275 g/mol. The Hall–Kier alpha value is -0.150. The summed E-state index contributed by atoms with van der Waals surface area (Å²) in [6.07, 6.45) is 1.99. The zero-order valence-electron chi connectivity index (χ0n) is 10.00. The molecule has 1 aliphatic carbocycles. The molecule has 0 heterocycles. The van der Waals surface area contributed by atoms with Crippen LogP contribution in [0.15, 0.2) is 0 Å². The summed E-state index contributed by atoms with van der Waals surface area (Å²) in [5, 5.41) is 6.26. The molecule has 0 amide bonds. The molecule has 0 bridgehead atoms. The van der Waals surface area contributed by atoms with Gasteiger partial charge in [-0.05, 0) is 25.7 Å². The number of carboxylic acid groups (broad SMARTS) is 1. The van der Waals surface area contributed by atoms with Crippen LogP contribution < -0.4 is 29.6 Å². The Morgan fingerprint density at radius 1 is 1.33 bits per heavy atom. The molecule has 1 rings (SSSR count). The first-order chi connectivity index (χ1) is 7.80. The molecular formula is C9H13NaO7S. The average Bonchev–Trinajstić information content (AvgIpc) is 2.64. The van der Waals surface area contributed by atoms with Gasteiger partial charge in [-0.15, -0.1) is 0 Å². The standard InChI is InChI=1S/C9H14O7S.Na/c10-8(16-6-3-1-2-4-6)5-7(9(11)12)17(13,14)15;/h6-7H,1-5H2,(H,11,12)(H,13,14,15);/q;+1/p-1. The van der Waals surface area contributed by atoms with Crippen molar-refractivity contribution in [2.24, 2.45) is 0 Å². The zero-order chi connectivity index (χ0) is 13.1. The van der Waals surface area contributed by atoms with Crippen molar-refractivity contribution in [2.45, 2.75) is 43.5 Å². The molecule has 0 aromatic heterocycles. The van der Waals surface area contributed by atoms with E-state index in [9.17, 15) is 22.6 Å². The van der Waals surface area contributed by atoms with E-state index in [4.69, 9.17) is 9.84 Å². The number of aliphatic carboxylic acids is 1. The van der Waals surface area contributed by atoms with Crippen LogP contribution in [-0.2, 0) is 24.4 Å². The van der Waals surface area contributed by atoms with Crippen molar-refractivity contribution in [1.29, 1.82) is 0 Å². The van der Waals surface area contributed by atoms with E-state index in [-0.39, 0.29) is 35.7 Å². The van der Waals surface area contributed by atoms with Gasteiger partial charge in [-0.25, -0.2) is 8.42 Å². The van der Waals surface area contributed by atoms with Crippen LogP contribution in [0.5, 0.6) is 0 Å². The van der Waals surface area contributed by atoms with Gasteiger partial charge in [0.2, 0.25) is 0 Å². The van der Waals surface area contributed by atoms with Crippen LogP contribution in [0.1, 0.15) is 32.1 Å². The Morgan fingerprint density at radius 2 is 1.83 bits per heavy atom. The third-order valence-electron chi connectivity index (χ3n) is 2.58. The first kappa shape index (κ1) is 17.8. The van der Waals surface area contributed by atoms with Gasteiger partial charge in [-0.1, -0.05) is 0 Å². The molecule has 98 valence electrons. The van der Waals surface area contributed by atoms with Gasteiger partial charge in [-0.2, -0.15) is 0 Å². The molecule has 0 spiro atoms. The number of carbonyl (C=O) groups excluding carboxylic acids is 1. The second kappa shape index (κ2) is 7.44. The van der Waals surface area contributed by atoms with Crippen LogP contribution in [0, 0.1) is 0 Å². The van der Waals surface area contributed by atoms with E-state index in [1.54, 1.807) is 0 Å². The van der Waals surface area contributed by atoms with Crippen LogP contribution in [0.2, 0.25) is 0 Å². The first-order valence-corrected chi connectivity index (χ1v) is 6.65. The SMILES string of the molecule is O=C(CC(C(=O)O)S(=O)(=O)[O-])OC1CCCC1.[Na+]. The second-order valence-electron chi connectivity index (χ2n) is 3.92. The van der Waals surface area contributed by atoms with Crippen molar-refractivity contribution in [3.8, 4) is 0 Å². The quantitative estimate of drug-likeness (QED) is 0.322. The summed E-state index contributed by atoms with van der Waals surface area (Å²) in [6, 6.07) is 0. The van der Waals surface area contributed by atoms with Gasteiger partial charge in [0.1, 0.15) is 16.2 Å². The Kier molecular flexibility index (Phi) is 7.38. The van der Waals surface area contributed by atoms with Crippen molar-refractivity contribution in [3.05, 3.63) is 0 Å². The van der Waals surface area contributed by atoms with Crippen LogP contribution in [0.25, 0.3) is 0 Å². The minimum absolute atomic E-state index is 0. The molecule has 1 unspecified atom stereocenters. The van der Waals surface area contributed by atoms with E-state index in [0.717, 1.165) is 12.8 Å². The molecule has 1 saturated carbocycles. The third-order valence-corrected chi connectivity index (χ3v) is 3.64. The fraction of sp³-hybridized carbons (Fsp3) is 0.778. The molecule has 9 heteroatoms. The van der Waals surface area contributed by atoms with E-state index in [1.165, 1.54) is 0 Å². The Morgan fingerprint density at radius 3 is 2.22 bits per heavy atom. The third kappa shape index (κ3) is 5.66. The van der Waals surface area contributed by atoms with Crippen LogP contribution in [-0.4, -0.2) is 41.4 Å². The van der Waals surface area contributed by atoms with Gasteiger partial charge in [0.15, 0.2) is 5.25 Å². The topological polar surface area (TPSA) is 121 Å². The molecule has 1 fully saturated rings. The zero-order valence-corrected chi connectivity index (χ0v) is 12.8. The first-order valence-electron chi connectivity index (χ1n) is 5.17. The molecule has 0 aliphatic heterocycles. The van der Waals surface area contributed by atoms with Crippen molar-refractivity contribution in [1.82, 2.24) is 0 Å². The largest absolute Gasteiger partial charge is 1.00 e. The summed E-state index contributed by atoms with van der Waals surface area (Å²) < 4.78 is 36.7. The van der Waals surface area contributed by atoms with E-state index in [0.29, 0.717) is 12.8 Å². The van der Waals surface area contributed by atoms with Gasteiger partial charge in [0, 0.05) is 0 Å². The summed E-state index contributed by atoms with van der Waals surface area (Å²) in [4.78, 5) is 21.8. The monoisotopic (exact) mass is 288 g/mol. The van der Waals surface area contributed by atoms with Crippen molar-refractivity contribution in [3.63, 3.8) is 0 Å². The van der Waals surface area contributed by atoms with Crippen LogP contribution in [0.4, 0.5) is 0 Å². The number of carboxylic acids is 1. The normalized spacial score (nSPS) is 17.8. The fourth-order valence-corrected chi connectivity index (χ4v) is 2.29. The van der Waals surface area contributed by atoms with Crippen LogP contribution in [0.3, 0.4) is 0 Å². The molecule has 0 aromatic carbocycles. The molecule has 1 atom stereocenters. The number of hydrogen-bond donors (Lipinski definition) is 1. The number of esters is 1. The smallest absolute Gasteiger partial charge is 0.747 e. The summed E-state index contributed by atoms with van der Waals surface area (Å²) in [7, 11) is -5.04. The molecule has 1 aliphatic rings. The summed E-state index contributed by atoms with van der Waals surface area (Å²) >= 11 is 0. The average molecular weight is 288 g/mol. The van der Waals surface area contributed by atoms with Crippen molar-refractivity contribution < 1.29 is 62.0 Å². The summed E-state index contributed by atoms with van der Waals surface area (Å²) in [6.45, 7) is 0. The number of ether oxygens (including phenoxy) is 1. The maximum atomic E-state index is 11.3. The summed E-state index contributed by atoms with van der Waals surface area (Å²) in [5.41, 5.74) is 0. The van der Waals surface area contributed by atoms with Crippen LogP contribution >= 0.6 is 0 Å². The molecule has 0 aromatic rings. The molecule has 18 heavy (non-hydrogen) atoms. The van der Waals surface area contributed by atoms with Gasteiger partial charge in [0.25, 0.3) is 0 Å². The van der Waals surface area contributed by atoms with Crippen molar-refractivity contribution >= 4 is 22.1 Å². The van der Waals surface area contributed by atoms with E-state index >= 15 is 0 Å². The van der Waals surface area contributed by atoms with Gasteiger partial charge >= 0.3 is 41.5 Å². The van der Waals surface area contributed by atoms with Crippen molar-refractivity contribution in [2.75, 3.05) is 0 Å². The van der Waals surface area contributed by atoms with E-state index in [2.05, 4.69) is 0 Å². The van der Waals surface area contributed by atoms with Gasteiger partial charge in [0.05, 0.1) is 6.42 Å². The number of carbonyl (C=O) groups is 2. The second-order valence-corrected chi connectivity index (χ2v) is 5.47. The fourth-order valence-electron chi connectivity index (χ4n) is 1.70. The minimum Gasteiger partial charge on any atom is -0.747 e. The number of rotatable bonds is 5. The Balaban J connectivity index is 0.00000289. The molecule has 1 N–H and O–H groups in total. The maximum Gasteiger partial charge on any atom is 1.00 e. The maximum absolute atomic E-state index is 11.3. The predicted molar refractivity (Wildman–Crippen MR) is 54.1 cm³/mol. The molecule has 0 radical (unpaired) electrons. The Labute approximate surface area is 127 Å².